The molecular formula is C14H12NO2. The summed E-state index contributed by atoms with van der Waals surface area (Å²) in [4.78, 5) is 11.8. The third kappa shape index (κ3) is 2.84. The molecule has 1 amide bonds. The quantitative estimate of drug-likeness (QED) is 0.873. The Labute approximate surface area is 100 Å². The number of carbonyl (C=O) groups is 1. The molecule has 2 aromatic carbocycles. The number of benzene rings is 2. The Morgan fingerprint density at radius 3 is 2.59 bits per heavy atom. The summed E-state index contributed by atoms with van der Waals surface area (Å²) >= 11 is 0. The summed E-state index contributed by atoms with van der Waals surface area (Å²) in [6.07, 6.45) is 0. The van der Waals surface area contributed by atoms with Gasteiger partial charge in [-0.3, -0.25) is 4.79 Å². The van der Waals surface area contributed by atoms with Gasteiger partial charge in [0.25, 0.3) is 5.91 Å². The van der Waals surface area contributed by atoms with E-state index in [1.807, 2.05) is 0 Å². The minimum Gasteiger partial charge on any atom is -0.497 e. The van der Waals surface area contributed by atoms with Crippen LogP contribution in [0.1, 0.15) is 10.4 Å². The molecule has 0 aliphatic rings. The molecule has 17 heavy (non-hydrogen) atoms. The topological polar surface area (TPSA) is 38.3 Å². The van der Waals surface area contributed by atoms with E-state index in [2.05, 4.69) is 11.4 Å². The Morgan fingerprint density at radius 2 is 2.00 bits per heavy atom. The fraction of sp³-hybridized carbons (Fsp3) is 0.0714. The molecule has 1 radical (unpaired) electrons. The lowest BCUT2D eigenvalue weighted by atomic mass is 10.2. The Bertz CT molecular complexity index is 491. The van der Waals surface area contributed by atoms with Crippen LogP contribution in [0.2, 0.25) is 0 Å². The Kier molecular flexibility index (Phi) is 3.40. The third-order valence-electron chi connectivity index (χ3n) is 2.32. The normalized spacial score (nSPS) is 9.71. The summed E-state index contributed by atoms with van der Waals surface area (Å²) in [5.74, 6) is 0.614. The van der Waals surface area contributed by atoms with E-state index in [4.69, 9.17) is 4.74 Å². The van der Waals surface area contributed by atoms with Gasteiger partial charge in [0, 0.05) is 11.3 Å². The number of hydrogen-bond acceptors (Lipinski definition) is 2. The van der Waals surface area contributed by atoms with Gasteiger partial charge in [-0.25, -0.2) is 0 Å². The second kappa shape index (κ2) is 5.16. The van der Waals surface area contributed by atoms with Gasteiger partial charge in [0.1, 0.15) is 5.75 Å². The van der Waals surface area contributed by atoms with E-state index in [1.54, 1.807) is 55.6 Å². The largest absolute Gasteiger partial charge is 0.497 e. The number of hydrogen-bond donors (Lipinski definition) is 1. The molecule has 0 heterocycles. The van der Waals surface area contributed by atoms with Gasteiger partial charge in [-0.05, 0) is 42.5 Å². The molecule has 0 spiro atoms. The molecule has 0 atom stereocenters. The molecule has 0 bridgehead atoms. The number of amides is 1. The molecule has 1 N–H and O–H groups in total. The van der Waals surface area contributed by atoms with Gasteiger partial charge in [0.15, 0.2) is 0 Å². The van der Waals surface area contributed by atoms with Crippen LogP contribution >= 0.6 is 0 Å². The molecule has 0 unspecified atom stereocenters. The van der Waals surface area contributed by atoms with Crippen LogP contribution in [-0.4, -0.2) is 13.0 Å². The van der Waals surface area contributed by atoms with Crippen LogP contribution in [0, 0.1) is 6.07 Å². The lowest BCUT2D eigenvalue weighted by Crippen LogP contribution is -2.11. The highest BCUT2D eigenvalue weighted by atomic mass is 16.5. The number of anilines is 1. The number of nitrogens with one attached hydrogen (secondary N) is 1. The van der Waals surface area contributed by atoms with Crippen LogP contribution in [0.15, 0.2) is 48.5 Å². The maximum absolute atomic E-state index is 11.8. The number of ether oxygens (including phenoxy) is 1. The summed E-state index contributed by atoms with van der Waals surface area (Å²) in [5, 5.41) is 2.80. The SMILES string of the molecule is COc1ccc(NC(=O)c2c[c]ccc2)cc1. The van der Waals surface area contributed by atoms with Gasteiger partial charge in [-0.15, -0.1) is 0 Å². The van der Waals surface area contributed by atoms with Crippen LogP contribution in [0.25, 0.3) is 0 Å². The Morgan fingerprint density at radius 1 is 1.24 bits per heavy atom. The van der Waals surface area contributed by atoms with Gasteiger partial charge >= 0.3 is 0 Å². The second-order valence-electron chi connectivity index (χ2n) is 3.47. The van der Waals surface area contributed by atoms with E-state index in [-0.39, 0.29) is 5.91 Å². The second-order valence-corrected chi connectivity index (χ2v) is 3.47. The average Bonchev–Trinajstić information content (AvgIpc) is 2.40. The van der Waals surface area contributed by atoms with Crippen molar-refractivity contribution in [2.45, 2.75) is 0 Å². The van der Waals surface area contributed by atoms with Crippen LogP contribution in [0.5, 0.6) is 5.75 Å². The minimum absolute atomic E-state index is 0.146. The van der Waals surface area contributed by atoms with Gasteiger partial charge in [-0.2, -0.15) is 0 Å². The zero-order chi connectivity index (χ0) is 12.1. The maximum atomic E-state index is 11.8. The lowest BCUT2D eigenvalue weighted by Gasteiger charge is -2.05. The Balaban J connectivity index is 2.08. The van der Waals surface area contributed by atoms with E-state index in [9.17, 15) is 4.79 Å². The molecule has 0 aliphatic carbocycles. The summed E-state index contributed by atoms with van der Waals surface area (Å²) < 4.78 is 5.04. The summed E-state index contributed by atoms with van der Waals surface area (Å²) in [6.45, 7) is 0. The van der Waals surface area contributed by atoms with Gasteiger partial charge in [-0.1, -0.05) is 12.1 Å². The predicted molar refractivity (Wildman–Crippen MR) is 66.2 cm³/mol. The average molecular weight is 226 g/mol. The van der Waals surface area contributed by atoms with Crippen LogP contribution in [0.4, 0.5) is 5.69 Å². The molecule has 0 saturated carbocycles. The summed E-state index contributed by atoms with van der Waals surface area (Å²) in [6, 6.07) is 17.0. The maximum Gasteiger partial charge on any atom is 0.255 e. The third-order valence-corrected chi connectivity index (χ3v) is 2.32. The van der Waals surface area contributed by atoms with Crippen molar-refractivity contribution in [2.24, 2.45) is 0 Å². The number of methoxy groups -OCH3 is 1. The van der Waals surface area contributed by atoms with E-state index < -0.39 is 0 Å². The summed E-state index contributed by atoms with van der Waals surface area (Å²) in [5.41, 5.74) is 1.32. The fourth-order valence-corrected chi connectivity index (χ4v) is 1.41. The van der Waals surface area contributed by atoms with Crippen molar-refractivity contribution in [2.75, 3.05) is 12.4 Å². The summed E-state index contributed by atoms with van der Waals surface area (Å²) in [7, 11) is 1.60. The molecule has 0 aromatic heterocycles. The number of rotatable bonds is 3. The molecule has 85 valence electrons. The molecule has 2 aromatic rings. The first-order valence-electron chi connectivity index (χ1n) is 5.21. The van der Waals surface area contributed by atoms with Crippen molar-refractivity contribution in [1.82, 2.24) is 0 Å². The van der Waals surface area contributed by atoms with Crippen molar-refractivity contribution in [1.29, 1.82) is 0 Å². The molecular weight excluding hydrogens is 214 g/mol. The smallest absolute Gasteiger partial charge is 0.255 e. The standard InChI is InChI=1S/C14H12NO2/c1-17-13-9-7-12(8-10-13)15-14(16)11-5-3-2-4-6-11/h2-3,5-10H,1H3,(H,15,16). The molecule has 0 saturated heterocycles. The van der Waals surface area contributed by atoms with Crippen molar-refractivity contribution >= 4 is 11.6 Å². The predicted octanol–water partition coefficient (Wildman–Crippen LogP) is 2.75. The molecule has 2 rings (SSSR count). The fourth-order valence-electron chi connectivity index (χ4n) is 1.41. The minimum atomic E-state index is -0.146. The number of carbonyl (C=O) groups excluding carboxylic acids is 1. The monoisotopic (exact) mass is 226 g/mol. The van der Waals surface area contributed by atoms with Gasteiger partial charge in [0.2, 0.25) is 0 Å². The van der Waals surface area contributed by atoms with Crippen molar-refractivity contribution in [3.05, 3.63) is 60.2 Å². The highest BCUT2D eigenvalue weighted by molar-refractivity contribution is 6.04. The zero-order valence-electron chi connectivity index (χ0n) is 9.44. The van der Waals surface area contributed by atoms with E-state index in [0.717, 1.165) is 11.4 Å². The zero-order valence-corrected chi connectivity index (χ0v) is 9.44. The van der Waals surface area contributed by atoms with Crippen molar-refractivity contribution in [3.8, 4) is 5.75 Å². The van der Waals surface area contributed by atoms with Crippen molar-refractivity contribution < 1.29 is 9.53 Å². The highest BCUT2D eigenvalue weighted by Gasteiger charge is 2.04. The van der Waals surface area contributed by atoms with E-state index in [1.165, 1.54) is 0 Å². The molecule has 3 heteroatoms. The highest BCUT2D eigenvalue weighted by Crippen LogP contribution is 2.15. The van der Waals surface area contributed by atoms with E-state index >= 15 is 0 Å². The van der Waals surface area contributed by atoms with Gasteiger partial charge in [0.05, 0.1) is 7.11 Å². The molecule has 0 aliphatic heterocycles. The van der Waals surface area contributed by atoms with Crippen molar-refractivity contribution in [3.63, 3.8) is 0 Å². The first-order chi connectivity index (χ1) is 8.29. The molecule has 3 nitrogen and oxygen atoms in total. The van der Waals surface area contributed by atoms with Crippen LogP contribution in [0.3, 0.4) is 0 Å². The van der Waals surface area contributed by atoms with E-state index in [0.29, 0.717) is 5.56 Å². The van der Waals surface area contributed by atoms with Gasteiger partial charge < -0.3 is 10.1 Å². The van der Waals surface area contributed by atoms with Crippen LogP contribution in [-0.2, 0) is 0 Å². The lowest BCUT2D eigenvalue weighted by molar-refractivity contribution is 0.102. The first kappa shape index (κ1) is 11.2. The first-order valence-corrected chi connectivity index (χ1v) is 5.21. The Hall–Kier alpha value is -2.29. The molecule has 0 fully saturated rings. The van der Waals surface area contributed by atoms with Crippen LogP contribution < -0.4 is 10.1 Å².